The zero-order valence-corrected chi connectivity index (χ0v) is 14.3. The average molecular weight is 304 g/mol. The molecule has 0 aliphatic heterocycles. The maximum absolute atomic E-state index is 5.81. The molecular weight excluding hydrogens is 280 g/mol. The summed E-state index contributed by atoms with van der Waals surface area (Å²) in [6, 6.07) is 8.52. The number of rotatable bonds is 6. The standard InChI is InChI=1S/C17H24N2OS/c1-6-18-16(17-12(4)19-13(5)21-17)14-8-7-9-15(10-14)20-11(2)3/h7-11,16,18H,6H2,1-5H3. The van der Waals surface area contributed by atoms with E-state index in [0.717, 1.165) is 23.0 Å². The Labute approximate surface area is 131 Å². The molecule has 0 saturated carbocycles. The van der Waals surface area contributed by atoms with Crippen LogP contribution in [0, 0.1) is 13.8 Å². The zero-order chi connectivity index (χ0) is 15.4. The highest BCUT2D eigenvalue weighted by Gasteiger charge is 2.19. The average Bonchev–Trinajstić information content (AvgIpc) is 2.74. The predicted octanol–water partition coefficient (Wildman–Crippen LogP) is 4.25. The number of aryl methyl sites for hydroxylation is 2. The second-order valence-electron chi connectivity index (χ2n) is 5.41. The molecule has 0 radical (unpaired) electrons. The number of nitrogens with one attached hydrogen (secondary N) is 1. The first-order chi connectivity index (χ1) is 10.0. The molecule has 2 rings (SSSR count). The van der Waals surface area contributed by atoms with Gasteiger partial charge in [0.2, 0.25) is 0 Å². The van der Waals surface area contributed by atoms with Gasteiger partial charge in [-0.15, -0.1) is 11.3 Å². The van der Waals surface area contributed by atoms with E-state index in [9.17, 15) is 0 Å². The van der Waals surface area contributed by atoms with Crippen molar-refractivity contribution in [2.75, 3.05) is 6.54 Å². The summed E-state index contributed by atoms with van der Waals surface area (Å²) in [5, 5.41) is 4.68. The zero-order valence-electron chi connectivity index (χ0n) is 13.4. The Kier molecular flexibility index (Phi) is 5.37. The van der Waals surface area contributed by atoms with Crippen LogP contribution in [0.15, 0.2) is 24.3 Å². The van der Waals surface area contributed by atoms with E-state index in [0.29, 0.717) is 0 Å². The summed E-state index contributed by atoms with van der Waals surface area (Å²) in [6.07, 6.45) is 0.185. The Morgan fingerprint density at radius 1 is 1.29 bits per heavy atom. The van der Waals surface area contributed by atoms with E-state index in [2.05, 4.69) is 49.3 Å². The van der Waals surface area contributed by atoms with Crippen LogP contribution in [0.2, 0.25) is 0 Å². The molecular formula is C17H24N2OS. The molecule has 3 nitrogen and oxygen atoms in total. The van der Waals surface area contributed by atoms with Crippen LogP contribution in [0.5, 0.6) is 5.75 Å². The second-order valence-corrected chi connectivity index (χ2v) is 6.65. The van der Waals surface area contributed by atoms with E-state index in [1.165, 1.54) is 10.4 Å². The fraction of sp³-hybridized carbons (Fsp3) is 0.471. The van der Waals surface area contributed by atoms with Gasteiger partial charge in [0.1, 0.15) is 5.75 Å². The topological polar surface area (TPSA) is 34.1 Å². The number of ether oxygens (including phenoxy) is 1. The van der Waals surface area contributed by atoms with E-state index in [1.807, 2.05) is 19.9 Å². The monoisotopic (exact) mass is 304 g/mol. The smallest absolute Gasteiger partial charge is 0.120 e. The van der Waals surface area contributed by atoms with Gasteiger partial charge in [-0.05, 0) is 51.9 Å². The molecule has 4 heteroatoms. The van der Waals surface area contributed by atoms with E-state index < -0.39 is 0 Å². The first kappa shape index (κ1) is 16.0. The van der Waals surface area contributed by atoms with E-state index in [4.69, 9.17) is 4.74 Å². The number of nitrogens with zero attached hydrogens (tertiary/aromatic N) is 1. The Hall–Kier alpha value is -1.39. The van der Waals surface area contributed by atoms with Crippen molar-refractivity contribution in [1.29, 1.82) is 0 Å². The van der Waals surface area contributed by atoms with Gasteiger partial charge in [-0.25, -0.2) is 4.98 Å². The lowest BCUT2D eigenvalue weighted by Gasteiger charge is -2.19. The van der Waals surface area contributed by atoms with Crippen molar-refractivity contribution < 1.29 is 4.74 Å². The minimum atomic E-state index is 0.178. The summed E-state index contributed by atoms with van der Waals surface area (Å²) in [5.74, 6) is 0.921. The van der Waals surface area contributed by atoms with Gasteiger partial charge in [0.25, 0.3) is 0 Å². The highest BCUT2D eigenvalue weighted by atomic mass is 32.1. The van der Waals surface area contributed by atoms with Crippen LogP contribution >= 0.6 is 11.3 Å². The summed E-state index contributed by atoms with van der Waals surface area (Å²) < 4.78 is 5.81. The summed E-state index contributed by atoms with van der Waals surface area (Å²) in [6.45, 7) is 11.3. The second kappa shape index (κ2) is 7.05. The molecule has 21 heavy (non-hydrogen) atoms. The van der Waals surface area contributed by atoms with Crippen molar-refractivity contribution in [3.8, 4) is 5.75 Å². The van der Waals surface area contributed by atoms with Gasteiger partial charge in [0.05, 0.1) is 22.8 Å². The van der Waals surface area contributed by atoms with Gasteiger partial charge >= 0.3 is 0 Å². The third-order valence-electron chi connectivity index (χ3n) is 3.17. The molecule has 114 valence electrons. The first-order valence-electron chi connectivity index (χ1n) is 7.45. The van der Waals surface area contributed by atoms with E-state index in [1.54, 1.807) is 11.3 Å². The molecule has 0 spiro atoms. The molecule has 0 aliphatic rings. The molecule has 2 aromatic rings. The van der Waals surface area contributed by atoms with Crippen LogP contribution in [-0.4, -0.2) is 17.6 Å². The maximum Gasteiger partial charge on any atom is 0.120 e. The number of thiazole rings is 1. The molecule has 0 aliphatic carbocycles. The predicted molar refractivity (Wildman–Crippen MR) is 89.3 cm³/mol. The Morgan fingerprint density at radius 2 is 2.05 bits per heavy atom. The fourth-order valence-corrected chi connectivity index (χ4v) is 3.45. The van der Waals surface area contributed by atoms with Gasteiger partial charge in [-0.3, -0.25) is 0 Å². The minimum absolute atomic E-state index is 0.178. The molecule has 1 heterocycles. The molecule has 0 amide bonds. The third kappa shape index (κ3) is 4.05. The lowest BCUT2D eigenvalue weighted by molar-refractivity contribution is 0.242. The normalized spacial score (nSPS) is 12.7. The van der Waals surface area contributed by atoms with Crippen LogP contribution in [0.25, 0.3) is 0 Å². The van der Waals surface area contributed by atoms with Crippen molar-refractivity contribution in [3.63, 3.8) is 0 Å². The Morgan fingerprint density at radius 3 is 2.62 bits per heavy atom. The quantitative estimate of drug-likeness (QED) is 0.866. The van der Waals surface area contributed by atoms with Crippen LogP contribution in [0.4, 0.5) is 0 Å². The molecule has 1 atom stereocenters. The van der Waals surface area contributed by atoms with Crippen molar-refractivity contribution in [1.82, 2.24) is 10.3 Å². The summed E-state index contributed by atoms with van der Waals surface area (Å²) in [7, 11) is 0. The van der Waals surface area contributed by atoms with Crippen LogP contribution in [-0.2, 0) is 0 Å². The number of benzene rings is 1. The van der Waals surface area contributed by atoms with Gasteiger partial charge < -0.3 is 10.1 Å². The summed E-state index contributed by atoms with van der Waals surface area (Å²) in [4.78, 5) is 5.85. The fourth-order valence-electron chi connectivity index (χ4n) is 2.42. The number of hydrogen-bond acceptors (Lipinski definition) is 4. The highest BCUT2D eigenvalue weighted by molar-refractivity contribution is 7.11. The highest BCUT2D eigenvalue weighted by Crippen LogP contribution is 2.31. The Bertz CT molecular complexity index is 592. The Balaban J connectivity index is 2.36. The first-order valence-corrected chi connectivity index (χ1v) is 8.26. The molecule has 1 unspecified atom stereocenters. The minimum Gasteiger partial charge on any atom is -0.491 e. The van der Waals surface area contributed by atoms with Gasteiger partial charge in [0.15, 0.2) is 0 Å². The van der Waals surface area contributed by atoms with E-state index in [-0.39, 0.29) is 12.1 Å². The van der Waals surface area contributed by atoms with Crippen LogP contribution in [0.3, 0.4) is 0 Å². The molecule has 0 bridgehead atoms. The van der Waals surface area contributed by atoms with Crippen molar-refractivity contribution in [3.05, 3.63) is 45.4 Å². The maximum atomic E-state index is 5.81. The van der Waals surface area contributed by atoms with E-state index >= 15 is 0 Å². The number of hydrogen-bond donors (Lipinski definition) is 1. The lowest BCUT2D eigenvalue weighted by Crippen LogP contribution is -2.22. The number of aromatic nitrogens is 1. The van der Waals surface area contributed by atoms with Crippen molar-refractivity contribution in [2.24, 2.45) is 0 Å². The SMILES string of the molecule is CCNC(c1cccc(OC(C)C)c1)c1sc(C)nc1C. The van der Waals surface area contributed by atoms with Gasteiger partial charge in [0, 0.05) is 4.88 Å². The lowest BCUT2D eigenvalue weighted by atomic mass is 10.0. The van der Waals surface area contributed by atoms with Crippen LogP contribution in [0.1, 0.15) is 48.0 Å². The summed E-state index contributed by atoms with van der Waals surface area (Å²) >= 11 is 1.76. The molecule has 1 aromatic carbocycles. The largest absolute Gasteiger partial charge is 0.491 e. The van der Waals surface area contributed by atoms with Gasteiger partial charge in [-0.2, -0.15) is 0 Å². The van der Waals surface area contributed by atoms with Crippen molar-refractivity contribution in [2.45, 2.75) is 46.8 Å². The third-order valence-corrected chi connectivity index (χ3v) is 4.31. The summed E-state index contributed by atoms with van der Waals surface area (Å²) in [5.41, 5.74) is 2.33. The van der Waals surface area contributed by atoms with Crippen LogP contribution < -0.4 is 10.1 Å². The van der Waals surface area contributed by atoms with Crippen molar-refractivity contribution >= 4 is 11.3 Å². The molecule has 0 saturated heterocycles. The molecule has 0 fully saturated rings. The van der Waals surface area contributed by atoms with Gasteiger partial charge in [-0.1, -0.05) is 19.1 Å². The molecule has 1 N–H and O–H groups in total. The molecule has 1 aromatic heterocycles.